The van der Waals surface area contributed by atoms with Crippen molar-refractivity contribution in [2.75, 3.05) is 19.6 Å². The highest BCUT2D eigenvalue weighted by atomic mass is 32.2. The van der Waals surface area contributed by atoms with Gasteiger partial charge in [0.2, 0.25) is 15.9 Å². The van der Waals surface area contributed by atoms with Crippen molar-refractivity contribution in [3.63, 3.8) is 0 Å². The molecule has 1 saturated heterocycles. The highest BCUT2D eigenvalue weighted by Gasteiger charge is 2.32. The van der Waals surface area contributed by atoms with Gasteiger partial charge in [0, 0.05) is 25.6 Å². The summed E-state index contributed by atoms with van der Waals surface area (Å²) in [5.41, 5.74) is 1.12. The molecular formula is C19H30N2O3S. The first-order valence-electron chi connectivity index (χ1n) is 9.09. The van der Waals surface area contributed by atoms with E-state index in [1.165, 1.54) is 4.31 Å². The molecule has 0 spiro atoms. The van der Waals surface area contributed by atoms with E-state index in [1.54, 1.807) is 12.1 Å². The van der Waals surface area contributed by atoms with E-state index in [9.17, 15) is 13.2 Å². The van der Waals surface area contributed by atoms with Gasteiger partial charge < -0.3 is 5.32 Å². The second-order valence-electron chi connectivity index (χ2n) is 7.54. The summed E-state index contributed by atoms with van der Waals surface area (Å²) in [6, 6.07) is 7.13. The molecule has 1 heterocycles. The van der Waals surface area contributed by atoms with Gasteiger partial charge in [0.1, 0.15) is 0 Å². The molecule has 1 aliphatic rings. The van der Waals surface area contributed by atoms with Crippen LogP contribution >= 0.6 is 0 Å². The van der Waals surface area contributed by atoms with Crippen LogP contribution in [0.5, 0.6) is 0 Å². The van der Waals surface area contributed by atoms with Gasteiger partial charge in [0.05, 0.1) is 4.90 Å². The zero-order chi connectivity index (χ0) is 18.6. The lowest BCUT2D eigenvalue weighted by atomic mass is 9.97. The van der Waals surface area contributed by atoms with Crippen molar-refractivity contribution in [3.05, 3.63) is 29.8 Å². The minimum absolute atomic E-state index is 0.0482. The van der Waals surface area contributed by atoms with E-state index < -0.39 is 10.0 Å². The van der Waals surface area contributed by atoms with Crippen molar-refractivity contribution in [1.82, 2.24) is 9.62 Å². The van der Waals surface area contributed by atoms with E-state index in [0.717, 1.165) is 5.56 Å². The van der Waals surface area contributed by atoms with Gasteiger partial charge in [-0.15, -0.1) is 0 Å². The molecule has 1 aromatic rings. The van der Waals surface area contributed by atoms with Crippen LogP contribution in [0.25, 0.3) is 0 Å². The molecule has 0 aromatic heterocycles. The quantitative estimate of drug-likeness (QED) is 0.842. The predicted octanol–water partition coefficient (Wildman–Crippen LogP) is 2.98. The van der Waals surface area contributed by atoms with E-state index in [1.807, 2.05) is 12.1 Å². The molecule has 0 saturated carbocycles. The third-order valence-electron chi connectivity index (χ3n) is 4.69. The smallest absolute Gasteiger partial charge is 0.243 e. The summed E-state index contributed by atoms with van der Waals surface area (Å²) in [6.45, 7) is 9.74. The molecule has 2 rings (SSSR count). The van der Waals surface area contributed by atoms with Crippen LogP contribution in [0.4, 0.5) is 0 Å². The number of benzene rings is 1. The summed E-state index contributed by atoms with van der Waals surface area (Å²) in [6.07, 6.45) is 1.15. The number of sulfonamides is 1. The van der Waals surface area contributed by atoms with Crippen molar-refractivity contribution in [2.45, 2.75) is 51.3 Å². The van der Waals surface area contributed by atoms with E-state index in [-0.39, 0.29) is 11.8 Å². The van der Waals surface area contributed by atoms with E-state index in [2.05, 4.69) is 33.0 Å². The molecule has 5 nitrogen and oxygen atoms in total. The van der Waals surface area contributed by atoms with E-state index in [0.29, 0.717) is 49.2 Å². The summed E-state index contributed by atoms with van der Waals surface area (Å²) < 4.78 is 27.1. The van der Waals surface area contributed by atoms with Crippen LogP contribution < -0.4 is 5.32 Å². The van der Waals surface area contributed by atoms with E-state index in [4.69, 9.17) is 0 Å². The van der Waals surface area contributed by atoms with Crippen molar-refractivity contribution in [1.29, 1.82) is 0 Å². The monoisotopic (exact) mass is 366 g/mol. The fraction of sp³-hybridized carbons (Fsp3) is 0.632. The normalized spacial score (nSPS) is 17.2. The maximum atomic E-state index is 12.8. The molecule has 0 radical (unpaired) electrons. The Morgan fingerprint density at radius 2 is 1.68 bits per heavy atom. The molecule has 0 bridgehead atoms. The van der Waals surface area contributed by atoms with Crippen LogP contribution in [0.15, 0.2) is 29.2 Å². The van der Waals surface area contributed by atoms with E-state index >= 15 is 0 Å². The molecule has 1 N–H and O–H groups in total. The summed E-state index contributed by atoms with van der Waals surface area (Å²) in [4.78, 5) is 12.5. The highest BCUT2D eigenvalue weighted by Crippen LogP contribution is 2.25. The Labute approximate surface area is 151 Å². The summed E-state index contributed by atoms with van der Waals surface area (Å²) in [5, 5.41) is 2.95. The number of hydrogen-bond donors (Lipinski definition) is 1. The molecule has 1 amide bonds. The Bertz CT molecular complexity index is 673. The van der Waals surface area contributed by atoms with Crippen LogP contribution in [0.3, 0.4) is 0 Å². The second kappa shape index (κ2) is 8.32. The molecule has 0 unspecified atom stereocenters. The first-order chi connectivity index (χ1) is 11.7. The predicted molar refractivity (Wildman–Crippen MR) is 99.9 cm³/mol. The van der Waals surface area contributed by atoms with Gasteiger partial charge in [-0.05, 0) is 42.4 Å². The lowest BCUT2D eigenvalue weighted by Crippen LogP contribution is -2.43. The molecule has 1 fully saturated rings. The number of carbonyl (C=O) groups excluding carboxylic acids is 1. The fourth-order valence-corrected chi connectivity index (χ4v) is 4.45. The Morgan fingerprint density at radius 1 is 1.12 bits per heavy atom. The first-order valence-corrected chi connectivity index (χ1v) is 10.5. The van der Waals surface area contributed by atoms with Gasteiger partial charge in [0.25, 0.3) is 0 Å². The Hall–Kier alpha value is -1.40. The van der Waals surface area contributed by atoms with Crippen LogP contribution in [-0.4, -0.2) is 38.3 Å². The number of rotatable bonds is 6. The number of piperidine rings is 1. The van der Waals surface area contributed by atoms with Crippen molar-refractivity contribution >= 4 is 15.9 Å². The van der Waals surface area contributed by atoms with Gasteiger partial charge >= 0.3 is 0 Å². The Balaban J connectivity index is 1.98. The zero-order valence-electron chi connectivity index (χ0n) is 15.7. The molecule has 0 aliphatic carbocycles. The molecular weight excluding hydrogens is 336 g/mol. The SMILES string of the molecule is CC(C)CNC(=O)C1CCN(S(=O)(=O)c2ccc(C(C)C)cc2)CC1. The topological polar surface area (TPSA) is 66.5 Å². The summed E-state index contributed by atoms with van der Waals surface area (Å²) in [7, 11) is -3.48. The third-order valence-corrected chi connectivity index (χ3v) is 6.61. The molecule has 6 heteroatoms. The summed E-state index contributed by atoms with van der Waals surface area (Å²) in [5.74, 6) is 0.746. The minimum Gasteiger partial charge on any atom is -0.356 e. The van der Waals surface area contributed by atoms with Crippen LogP contribution in [0.2, 0.25) is 0 Å². The van der Waals surface area contributed by atoms with Gasteiger partial charge in [0.15, 0.2) is 0 Å². The maximum Gasteiger partial charge on any atom is 0.243 e. The Kier molecular flexibility index (Phi) is 6.63. The maximum absolute atomic E-state index is 12.8. The largest absolute Gasteiger partial charge is 0.356 e. The molecule has 1 aliphatic heterocycles. The third kappa shape index (κ3) is 5.05. The first kappa shape index (κ1) is 19.9. The fourth-order valence-electron chi connectivity index (χ4n) is 2.98. The van der Waals surface area contributed by atoms with Crippen LogP contribution in [0, 0.1) is 11.8 Å². The zero-order valence-corrected chi connectivity index (χ0v) is 16.5. The molecule has 0 atom stereocenters. The Morgan fingerprint density at radius 3 is 2.16 bits per heavy atom. The average molecular weight is 367 g/mol. The number of hydrogen-bond acceptors (Lipinski definition) is 3. The van der Waals surface area contributed by atoms with Crippen LogP contribution in [0.1, 0.15) is 52.0 Å². The van der Waals surface area contributed by atoms with Crippen molar-refractivity contribution in [3.8, 4) is 0 Å². The van der Waals surface area contributed by atoms with Gasteiger partial charge in [-0.2, -0.15) is 4.31 Å². The van der Waals surface area contributed by atoms with Crippen molar-refractivity contribution < 1.29 is 13.2 Å². The van der Waals surface area contributed by atoms with Gasteiger partial charge in [-0.1, -0.05) is 39.8 Å². The highest BCUT2D eigenvalue weighted by molar-refractivity contribution is 7.89. The molecule has 140 valence electrons. The molecule has 1 aromatic carbocycles. The number of nitrogens with zero attached hydrogens (tertiary/aromatic N) is 1. The van der Waals surface area contributed by atoms with Crippen LogP contribution in [-0.2, 0) is 14.8 Å². The van der Waals surface area contributed by atoms with Crippen molar-refractivity contribution in [2.24, 2.45) is 11.8 Å². The lowest BCUT2D eigenvalue weighted by Gasteiger charge is -2.30. The summed E-state index contributed by atoms with van der Waals surface area (Å²) >= 11 is 0. The lowest BCUT2D eigenvalue weighted by molar-refractivity contribution is -0.126. The number of carbonyl (C=O) groups is 1. The van der Waals surface area contributed by atoms with Gasteiger partial charge in [-0.3, -0.25) is 4.79 Å². The number of nitrogens with one attached hydrogen (secondary N) is 1. The van der Waals surface area contributed by atoms with Gasteiger partial charge in [-0.25, -0.2) is 8.42 Å². The minimum atomic E-state index is -3.48. The molecule has 25 heavy (non-hydrogen) atoms. The average Bonchev–Trinajstić information content (AvgIpc) is 2.59. The second-order valence-corrected chi connectivity index (χ2v) is 9.48. The number of amides is 1. The standard InChI is InChI=1S/C19H30N2O3S/c1-14(2)13-20-19(22)17-9-11-21(12-10-17)25(23,24)18-7-5-16(6-8-18)15(3)4/h5-8,14-15,17H,9-13H2,1-4H3,(H,20,22).